The fraction of sp³-hybridized carbons (Fsp3) is 0.350. The summed E-state index contributed by atoms with van der Waals surface area (Å²) in [7, 11) is -3.70. The molecule has 26 heavy (non-hydrogen) atoms. The number of fused-ring (bicyclic) bond motifs is 1. The minimum Gasteiger partial charge on any atom is -0.309 e. The minimum absolute atomic E-state index is 0.0316. The van der Waals surface area contributed by atoms with Gasteiger partial charge >= 0.3 is 0 Å². The van der Waals surface area contributed by atoms with Gasteiger partial charge in [0.15, 0.2) is 0 Å². The lowest BCUT2D eigenvalue weighted by Crippen LogP contribution is -2.33. The van der Waals surface area contributed by atoms with Crippen molar-refractivity contribution in [1.29, 1.82) is 0 Å². The number of benzene rings is 2. The molecule has 0 unspecified atom stereocenters. The number of amides is 1. The van der Waals surface area contributed by atoms with Gasteiger partial charge in [-0.25, -0.2) is 8.42 Å². The Morgan fingerprint density at radius 2 is 1.73 bits per heavy atom. The van der Waals surface area contributed by atoms with Crippen LogP contribution in [0.25, 0.3) is 0 Å². The fourth-order valence-corrected chi connectivity index (χ4v) is 5.04. The normalized spacial score (nSPS) is 16.5. The first kappa shape index (κ1) is 18.5. The molecule has 1 aliphatic rings. The van der Waals surface area contributed by atoms with Crippen LogP contribution in [0.15, 0.2) is 35.2 Å². The maximum atomic E-state index is 12.9. The van der Waals surface area contributed by atoms with Gasteiger partial charge in [0.25, 0.3) is 10.0 Å². The summed E-state index contributed by atoms with van der Waals surface area (Å²) in [6.45, 7) is 9.27. The summed E-state index contributed by atoms with van der Waals surface area (Å²) < 4.78 is 28.5. The highest BCUT2D eigenvalue weighted by molar-refractivity contribution is 7.92. The topological polar surface area (TPSA) is 66.5 Å². The molecule has 0 saturated heterocycles. The minimum atomic E-state index is -3.70. The van der Waals surface area contributed by atoms with Crippen molar-refractivity contribution in [2.75, 3.05) is 9.62 Å². The van der Waals surface area contributed by atoms with Crippen molar-refractivity contribution in [1.82, 2.24) is 0 Å². The predicted molar refractivity (Wildman–Crippen MR) is 104 cm³/mol. The second-order valence-electron chi connectivity index (χ2n) is 7.11. The van der Waals surface area contributed by atoms with E-state index in [1.165, 1.54) is 6.92 Å². The van der Waals surface area contributed by atoms with Gasteiger partial charge in [0.05, 0.1) is 10.6 Å². The van der Waals surface area contributed by atoms with Crippen molar-refractivity contribution in [3.05, 3.63) is 52.6 Å². The van der Waals surface area contributed by atoms with E-state index in [4.69, 9.17) is 0 Å². The van der Waals surface area contributed by atoms with Crippen molar-refractivity contribution in [2.24, 2.45) is 0 Å². The summed E-state index contributed by atoms with van der Waals surface area (Å²) in [6.07, 6.45) is 0.654. The first-order valence-electron chi connectivity index (χ1n) is 8.63. The first-order chi connectivity index (χ1) is 12.1. The number of aryl methyl sites for hydroxylation is 3. The Labute approximate surface area is 155 Å². The van der Waals surface area contributed by atoms with Crippen LogP contribution in [0.1, 0.15) is 36.1 Å². The monoisotopic (exact) mass is 372 g/mol. The fourth-order valence-electron chi connectivity index (χ4n) is 3.79. The van der Waals surface area contributed by atoms with Crippen molar-refractivity contribution in [3.8, 4) is 0 Å². The van der Waals surface area contributed by atoms with Gasteiger partial charge in [0.1, 0.15) is 0 Å². The number of sulfonamides is 1. The standard InChI is InChI=1S/C20H24N2O3S/c1-12-8-13(2)20(14(3)9-12)21-26(24,25)18-6-7-19-17(11-18)10-15(4)22(19)16(5)23/h6-9,11,15,21H,10H2,1-5H3/t15-/m0/s1. The molecular weight excluding hydrogens is 348 g/mol. The Kier molecular flexibility index (Phi) is 4.56. The van der Waals surface area contributed by atoms with Gasteiger partial charge in [-0.3, -0.25) is 9.52 Å². The van der Waals surface area contributed by atoms with E-state index in [1.54, 1.807) is 23.1 Å². The number of carbonyl (C=O) groups excluding carboxylic acids is 1. The second-order valence-corrected chi connectivity index (χ2v) is 8.79. The van der Waals surface area contributed by atoms with Crippen LogP contribution < -0.4 is 9.62 Å². The molecule has 0 spiro atoms. The summed E-state index contributed by atoms with van der Waals surface area (Å²) in [4.78, 5) is 13.8. The smallest absolute Gasteiger partial charge is 0.261 e. The van der Waals surface area contributed by atoms with Gasteiger partial charge in [-0.05, 0) is 69.0 Å². The lowest BCUT2D eigenvalue weighted by atomic mass is 10.1. The average molecular weight is 372 g/mol. The number of hydrogen-bond donors (Lipinski definition) is 1. The van der Waals surface area contributed by atoms with E-state index in [2.05, 4.69) is 4.72 Å². The molecule has 138 valence electrons. The summed E-state index contributed by atoms with van der Waals surface area (Å²) in [5.74, 6) is -0.0316. The zero-order valence-corrected chi connectivity index (χ0v) is 16.6. The first-order valence-corrected chi connectivity index (χ1v) is 10.1. The van der Waals surface area contributed by atoms with E-state index in [1.807, 2.05) is 39.8 Å². The molecule has 1 atom stereocenters. The van der Waals surface area contributed by atoms with Crippen LogP contribution in [0.2, 0.25) is 0 Å². The summed E-state index contributed by atoms with van der Waals surface area (Å²) in [6, 6.07) is 8.92. The molecule has 0 aromatic heterocycles. The molecule has 1 amide bonds. The van der Waals surface area contributed by atoms with Crippen molar-refractivity contribution in [2.45, 2.75) is 52.0 Å². The Bertz CT molecular complexity index is 973. The Morgan fingerprint density at radius 3 is 2.31 bits per heavy atom. The molecule has 1 heterocycles. The Balaban J connectivity index is 1.98. The van der Waals surface area contributed by atoms with Gasteiger partial charge in [0.2, 0.25) is 5.91 Å². The van der Waals surface area contributed by atoms with Crippen LogP contribution in [0.3, 0.4) is 0 Å². The van der Waals surface area contributed by atoms with Crippen LogP contribution in [-0.4, -0.2) is 20.4 Å². The molecule has 5 nitrogen and oxygen atoms in total. The maximum absolute atomic E-state index is 12.9. The Hall–Kier alpha value is -2.34. The van der Waals surface area contributed by atoms with Crippen molar-refractivity contribution in [3.63, 3.8) is 0 Å². The summed E-state index contributed by atoms with van der Waals surface area (Å²) in [5.41, 5.74) is 5.18. The van der Waals surface area contributed by atoms with Crippen LogP contribution >= 0.6 is 0 Å². The molecule has 6 heteroatoms. The van der Waals surface area contributed by atoms with Crippen LogP contribution in [0, 0.1) is 20.8 Å². The van der Waals surface area contributed by atoms with Gasteiger partial charge in [-0.15, -0.1) is 0 Å². The average Bonchev–Trinajstić information content (AvgIpc) is 2.85. The zero-order valence-electron chi connectivity index (χ0n) is 15.8. The molecule has 3 rings (SSSR count). The van der Waals surface area contributed by atoms with E-state index in [9.17, 15) is 13.2 Å². The van der Waals surface area contributed by atoms with E-state index in [-0.39, 0.29) is 16.8 Å². The third-order valence-corrected chi connectivity index (χ3v) is 6.18. The van der Waals surface area contributed by atoms with E-state index < -0.39 is 10.0 Å². The molecule has 0 bridgehead atoms. The zero-order chi connectivity index (χ0) is 19.2. The lowest BCUT2D eigenvalue weighted by Gasteiger charge is -2.20. The van der Waals surface area contributed by atoms with Crippen molar-refractivity contribution < 1.29 is 13.2 Å². The number of nitrogens with zero attached hydrogens (tertiary/aromatic N) is 1. The van der Waals surface area contributed by atoms with Gasteiger partial charge in [0, 0.05) is 18.7 Å². The lowest BCUT2D eigenvalue weighted by molar-refractivity contribution is -0.116. The van der Waals surface area contributed by atoms with E-state index in [0.717, 1.165) is 27.9 Å². The Morgan fingerprint density at radius 1 is 1.12 bits per heavy atom. The molecule has 2 aromatic carbocycles. The SMILES string of the molecule is CC(=O)N1c2ccc(S(=O)(=O)Nc3c(C)cc(C)cc3C)cc2C[C@@H]1C. The number of hydrogen-bond acceptors (Lipinski definition) is 3. The highest BCUT2D eigenvalue weighted by atomic mass is 32.2. The molecule has 2 aromatic rings. The van der Waals surface area contributed by atoms with E-state index in [0.29, 0.717) is 12.1 Å². The van der Waals surface area contributed by atoms with Crippen LogP contribution in [0.4, 0.5) is 11.4 Å². The summed E-state index contributed by atoms with van der Waals surface area (Å²) >= 11 is 0. The highest BCUT2D eigenvalue weighted by Crippen LogP contribution is 2.34. The largest absolute Gasteiger partial charge is 0.309 e. The maximum Gasteiger partial charge on any atom is 0.261 e. The molecule has 1 aliphatic heterocycles. The summed E-state index contributed by atoms with van der Waals surface area (Å²) in [5, 5.41) is 0. The molecule has 0 radical (unpaired) electrons. The van der Waals surface area contributed by atoms with Crippen molar-refractivity contribution >= 4 is 27.3 Å². The third kappa shape index (κ3) is 3.21. The quantitative estimate of drug-likeness (QED) is 0.893. The second kappa shape index (κ2) is 6.43. The molecular formula is C20H24N2O3S. The van der Waals surface area contributed by atoms with Gasteiger partial charge in [-0.2, -0.15) is 0 Å². The van der Waals surface area contributed by atoms with E-state index >= 15 is 0 Å². The predicted octanol–water partition coefficient (Wildman–Crippen LogP) is 3.71. The number of anilines is 2. The van der Waals surface area contributed by atoms with Gasteiger partial charge in [-0.1, -0.05) is 17.7 Å². The third-order valence-electron chi connectivity index (χ3n) is 4.83. The van der Waals surface area contributed by atoms with Gasteiger partial charge < -0.3 is 4.90 Å². The van der Waals surface area contributed by atoms with Crippen LogP contribution in [0.5, 0.6) is 0 Å². The highest BCUT2D eigenvalue weighted by Gasteiger charge is 2.30. The number of rotatable bonds is 3. The molecule has 0 saturated carbocycles. The molecule has 0 aliphatic carbocycles. The molecule has 1 N–H and O–H groups in total. The number of carbonyl (C=O) groups is 1. The molecule has 0 fully saturated rings. The number of nitrogens with one attached hydrogen (secondary N) is 1. The van der Waals surface area contributed by atoms with Crippen LogP contribution in [-0.2, 0) is 21.2 Å².